The molecule has 114 valence electrons. The highest BCUT2D eigenvalue weighted by atomic mass is 16.5. The van der Waals surface area contributed by atoms with E-state index in [1.165, 1.54) is 4.90 Å². The van der Waals surface area contributed by atoms with Crippen LogP contribution in [0.1, 0.15) is 34.3 Å². The molecule has 5 nitrogen and oxygen atoms in total. The van der Waals surface area contributed by atoms with Crippen LogP contribution in [0.3, 0.4) is 0 Å². The summed E-state index contributed by atoms with van der Waals surface area (Å²) in [5, 5.41) is 9.09. The smallest absolute Gasteiger partial charge is 0.323 e. The second-order valence-corrected chi connectivity index (χ2v) is 5.55. The Morgan fingerprint density at radius 2 is 1.76 bits per heavy atom. The molecule has 5 heteroatoms. The summed E-state index contributed by atoms with van der Waals surface area (Å²) in [4.78, 5) is 25.3. The summed E-state index contributed by atoms with van der Waals surface area (Å²) in [5.74, 6) is -1.20. The normalized spacial score (nSPS) is 15.7. The zero-order valence-corrected chi connectivity index (χ0v) is 12.5. The van der Waals surface area contributed by atoms with E-state index in [1.54, 1.807) is 0 Å². The van der Waals surface area contributed by atoms with Crippen LogP contribution in [0.15, 0.2) is 18.2 Å². The Morgan fingerprint density at radius 3 is 2.29 bits per heavy atom. The van der Waals surface area contributed by atoms with Crippen molar-refractivity contribution in [1.82, 2.24) is 4.90 Å². The maximum absolute atomic E-state index is 12.7. The lowest BCUT2D eigenvalue weighted by atomic mass is 10.0. The van der Waals surface area contributed by atoms with Gasteiger partial charge in [0.05, 0.1) is 0 Å². The van der Waals surface area contributed by atoms with E-state index in [2.05, 4.69) is 0 Å². The van der Waals surface area contributed by atoms with Crippen molar-refractivity contribution in [2.24, 2.45) is 0 Å². The van der Waals surface area contributed by atoms with Gasteiger partial charge in [0.2, 0.25) is 0 Å². The number of nitrogens with zero attached hydrogens (tertiary/aromatic N) is 1. The Hall–Kier alpha value is -1.88. The molecule has 0 saturated carbocycles. The van der Waals surface area contributed by atoms with Gasteiger partial charge in [-0.3, -0.25) is 9.59 Å². The lowest BCUT2D eigenvalue weighted by Crippen LogP contribution is -2.46. The minimum Gasteiger partial charge on any atom is -0.480 e. The highest BCUT2D eigenvalue weighted by Crippen LogP contribution is 2.19. The van der Waals surface area contributed by atoms with Crippen LogP contribution < -0.4 is 0 Å². The van der Waals surface area contributed by atoms with E-state index in [0.717, 1.165) is 11.1 Å². The van der Waals surface area contributed by atoms with Crippen LogP contribution in [0.5, 0.6) is 0 Å². The fourth-order valence-corrected chi connectivity index (χ4v) is 2.77. The van der Waals surface area contributed by atoms with Gasteiger partial charge < -0.3 is 14.7 Å². The first-order valence-electron chi connectivity index (χ1n) is 7.16. The van der Waals surface area contributed by atoms with Gasteiger partial charge >= 0.3 is 5.97 Å². The van der Waals surface area contributed by atoms with Gasteiger partial charge in [-0.25, -0.2) is 0 Å². The first-order chi connectivity index (χ1) is 9.97. The molecule has 0 unspecified atom stereocenters. The summed E-state index contributed by atoms with van der Waals surface area (Å²) >= 11 is 0. The monoisotopic (exact) mass is 291 g/mol. The number of benzene rings is 1. The number of amides is 1. The molecule has 1 amide bonds. The van der Waals surface area contributed by atoms with Crippen molar-refractivity contribution in [1.29, 1.82) is 0 Å². The number of ether oxygens (including phenoxy) is 1. The molecule has 1 heterocycles. The Labute approximate surface area is 124 Å². The van der Waals surface area contributed by atoms with E-state index in [1.807, 2.05) is 32.0 Å². The first kappa shape index (κ1) is 15.5. The quantitative estimate of drug-likeness (QED) is 0.921. The topological polar surface area (TPSA) is 66.8 Å². The van der Waals surface area contributed by atoms with Crippen LogP contribution >= 0.6 is 0 Å². The second-order valence-electron chi connectivity index (χ2n) is 5.55. The van der Waals surface area contributed by atoms with Gasteiger partial charge in [-0.2, -0.15) is 0 Å². The molecule has 2 rings (SSSR count). The molecule has 0 aromatic heterocycles. The van der Waals surface area contributed by atoms with Gasteiger partial charge in [-0.05, 0) is 38.8 Å². The Balaban J connectivity index is 2.25. The fraction of sp³-hybridized carbons (Fsp3) is 0.500. The molecule has 1 aliphatic heterocycles. The van der Waals surface area contributed by atoms with Crippen LogP contribution in [0.2, 0.25) is 0 Å². The molecule has 1 aromatic carbocycles. The number of hydrogen-bond donors (Lipinski definition) is 1. The minimum atomic E-state index is -0.987. The summed E-state index contributed by atoms with van der Waals surface area (Å²) < 4.78 is 5.29. The van der Waals surface area contributed by atoms with Crippen LogP contribution in [0.4, 0.5) is 0 Å². The third-order valence-corrected chi connectivity index (χ3v) is 3.67. The number of carboxylic acid groups (broad SMARTS) is 1. The summed E-state index contributed by atoms with van der Waals surface area (Å²) in [6, 6.07) is 5.54. The van der Waals surface area contributed by atoms with E-state index in [-0.39, 0.29) is 18.5 Å². The van der Waals surface area contributed by atoms with Gasteiger partial charge in [0.15, 0.2) is 0 Å². The molecule has 0 radical (unpaired) electrons. The van der Waals surface area contributed by atoms with Crippen LogP contribution in [0, 0.1) is 13.8 Å². The van der Waals surface area contributed by atoms with E-state index in [0.29, 0.717) is 31.6 Å². The average molecular weight is 291 g/mol. The molecule has 1 aromatic rings. The Morgan fingerprint density at radius 1 is 1.19 bits per heavy atom. The SMILES string of the molecule is Cc1cc(C)cc(C(=O)N(CC(=O)O)C2CCOCC2)c1. The van der Waals surface area contributed by atoms with Crippen molar-refractivity contribution in [2.75, 3.05) is 19.8 Å². The number of rotatable bonds is 4. The Kier molecular flexibility index (Phi) is 4.96. The van der Waals surface area contributed by atoms with Crippen LogP contribution in [-0.2, 0) is 9.53 Å². The van der Waals surface area contributed by atoms with Gasteiger partial charge in [-0.15, -0.1) is 0 Å². The van der Waals surface area contributed by atoms with Crippen molar-refractivity contribution in [3.63, 3.8) is 0 Å². The largest absolute Gasteiger partial charge is 0.480 e. The molecule has 21 heavy (non-hydrogen) atoms. The van der Waals surface area contributed by atoms with Gasteiger partial charge in [0.25, 0.3) is 5.91 Å². The molecule has 1 saturated heterocycles. The maximum atomic E-state index is 12.7. The zero-order valence-electron chi connectivity index (χ0n) is 12.5. The Bertz CT molecular complexity index is 515. The predicted octanol–water partition coefficient (Wildman–Crippen LogP) is 2.01. The summed E-state index contributed by atoms with van der Waals surface area (Å²) in [7, 11) is 0. The van der Waals surface area contributed by atoms with Gasteiger partial charge in [-0.1, -0.05) is 17.2 Å². The molecule has 1 N–H and O–H groups in total. The highest BCUT2D eigenvalue weighted by Gasteiger charge is 2.28. The van der Waals surface area contributed by atoms with E-state index in [9.17, 15) is 9.59 Å². The standard InChI is InChI=1S/C16H21NO4/c1-11-7-12(2)9-13(8-11)16(20)17(10-15(18)19)14-3-5-21-6-4-14/h7-9,14H,3-6,10H2,1-2H3,(H,18,19). The molecule has 0 spiro atoms. The minimum absolute atomic E-state index is 0.0665. The number of carboxylic acids is 1. The van der Waals surface area contributed by atoms with Gasteiger partial charge in [0.1, 0.15) is 6.54 Å². The number of carbonyl (C=O) groups is 2. The fourth-order valence-electron chi connectivity index (χ4n) is 2.77. The third-order valence-electron chi connectivity index (χ3n) is 3.67. The summed E-state index contributed by atoms with van der Waals surface area (Å²) in [5.41, 5.74) is 2.56. The van der Waals surface area contributed by atoms with Crippen molar-refractivity contribution in [3.05, 3.63) is 34.9 Å². The van der Waals surface area contributed by atoms with E-state index >= 15 is 0 Å². The molecule has 0 aliphatic carbocycles. The number of carbonyl (C=O) groups excluding carboxylic acids is 1. The van der Waals surface area contributed by atoms with Gasteiger partial charge in [0, 0.05) is 24.8 Å². The molecular formula is C16H21NO4. The highest BCUT2D eigenvalue weighted by molar-refractivity contribution is 5.96. The lowest BCUT2D eigenvalue weighted by Gasteiger charge is -2.33. The maximum Gasteiger partial charge on any atom is 0.323 e. The second kappa shape index (κ2) is 6.72. The predicted molar refractivity (Wildman–Crippen MR) is 78.4 cm³/mol. The molecule has 0 atom stereocenters. The lowest BCUT2D eigenvalue weighted by molar-refractivity contribution is -0.138. The van der Waals surface area contributed by atoms with Crippen molar-refractivity contribution < 1.29 is 19.4 Å². The van der Waals surface area contributed by atoms with Crippen LogP contribution in [-0.4, -0.2) is 47.7 Å². The van der Waals surface area contributed by atoms with Crippen molar-refractivity contribution >= 4 is 11.9 Å². The van der Waals surface area contributed by atoms with E-state index in [4.69, 9.17) is 9.84 Å². The third kappa shape index (κ3) is 4.04. The summed E-state index contributed by atoms with van der Waals surface area (Å²) in [6.45, 7) is 4.73. The van der Waals surface area contributed by atoms with Crippen molar-refractivity contribution in [3.8, 4) is 0 Å². The zero-order chi connectivity index (χ0) is 15.4. The van der Waals surface area contributed by atoms with E-state index < -0.39 is 5.97 Å². The number of aryl methyl sites for hydroxylation is 2. The molecular weight excluding hydrogens is 270 g/mol. The van der Waals surface area contributed by atoms with Crippen LogP contribution in [0.25, 0.3) is 0 Å². The number of aliphatic carboxylic acids is 1. The number of hydrogen-bond acceptors (Lipinski definition) is 3. The van der Waals surface area contributed by atoms with Crippen molar-refractivity contribution in [2.45, 2.75) is 32.7 Å². The summed E-state index contributed by atoms with van der Waals surface area (Å²) in [6.07, 6.45) is 1.37. The average Bonchev–Trinajstić information content (AvgIpc) is 2.44. The first-order valence-corrected chi connectivity index (χ1v) is 7.16. The molecule has 1 fully saturated rings. The molecule has 1 aliphatic rings. The molecule has 0 bridgehead atoms.